The van der Waals surface area contributed by atoms with Crippen LogP contribution < -0.4 is 0 Å². The fourth-order valence-corrected chi connectivity index (χ4v) is 1.31. The smallest absolute Gasteiger partial charge is 0.226 e. The highest BCUT2D eigenvalue weighted by Gasteiger charge is 2.17. The number of likely N-dealkylation sites (N-methyl/N-ethyl adjacent to an activating group) is 1. The first kappa shape index (κ1) is 9.26. The fraction of sp³-hybridized carbons (Fsp3) is 0.667. The van der Waals surface area contributed by atoms with Crippen molar-refractivity contribution < 1.29 is 4.79 Å². The molecule has 0 saturated carbocycles. The lowest BCUT2D eigenvalue weighted by Gasteiger charge is -2.32. The van der Waals surface area contributed by atoms with E-state index < -0.39 is 0 Å². The van der Waals surface area contributed by atoms with E-state index in [1.807, 2.05) is 4.90 Å². The molecular weight excluding hydrogens is 152 g/mol. The van der Waals surface area contributed by atoms with Gasteiger partial charge in [0.1, 0.15) is 0 Å². The van der Waals surface area contributed by atoms with Crippen molar-refractivity contribution >= 4 is 5.91 Å². The molecule has 0 atom stereocenters. The molecule has 0 aromatic rings. The van der Waals surface area contributed by atoms with Crippen molar-refractivity contribution in [3.63, 3.8) is 0 Å². The molecule has 0 aromatic heterocycles. The maximum Gasteiger partial charge on any atom is 0.226 e. The summed E-state index contributed by atoms with van der Waals surface area (Å²) in [5.41, 5.74) is 0. The Bertz CT molecular complexity index is 171. The number of hydrogen-bond acceptors (Lipinski definition) is 2. The molecule has 12 heavy (non-hydrogen) atoms. The summed E-state index contributed by atoms with van der Waals surface area (Å²) in [6.07, 6.45) is 2.14. The van der Waals surface area contributed by atoms with E-state index in [0.717, 1.165) is 26.2 Å². The van der Waals surface area contributed by atoms with E-state index in [4.69, 9.17) is 0 Å². The SMILES string of the molecule is C=CCC(=O)N1CCN(C)CC1. The van der Waals surface area contributed by atoms with Gasteiger partial charge in [-0.25, -0.2) is 0 Å². The molecule has 3 nitrogen and oxygen atoms in total. The Kier molecular flexibility index (Phi) is 3.29. The summed E-state index contributed by atoms with van der Waals surface area (Å²) < 4.78 is 0. The summed E-state index contributed by atoms with van der Waals surface area (Å²) in [7, 11) is 2.08. The molecule has 0 bridgehead atoms. The third kappa shape index (κ3) is 2.34. The van der Waals surface area contributed by atoms with Crippen molar-refractivity contribution in [3.8, 4) is 0 Å². The molecular formula is C9H16N2O. The van der Waals surface area contributed by atoms with Crippen LogP contribution in [0, 0.1) is 0 Å². The number of nitrogens with zero attached hydrogens (tertiary/aromatic N) is 2. The quantitative estimate of drug-likeness (QED) is 0.555. The summed E-state index contributed by atoms with van der Waals surface area (Å²) in [4.78, 5) is 15.5. The maximum absolute atomic E-state index is 11.3. The van der Waals surface area contributed by atoms with Gasteiger partial charge in [0.25, 0.3) is 0 Å². The van der Waals surface area contributed by atoms with Gasteiger partial charge in [0, 0.05) is 32.6 Å². The van der Waals surface area contributed by atoms with E-state index >= 15 is 0 Å². The monoisotopic (exact) mass is 168 g/mol. The molecule has 0 unspecified atom stereocenters. The zero-order valence-corrected chi connectivity index (χ0v) is 7.62. The minimum atomic E-state index is 0.207. The molecule has 68 valence electrons. The van der Waals surface area contributed by atoms with Crippen molar-refractivity contribution in [1.29, 1.82) is 0 Å². The number of piperazine rings is 1. The molecule has 1 aliphatic heterocycles. The van der Waals surface area contributed by atoms with Crippen LogP contribution >= 0.6 is 0 Å². The summed E-state index contributed by atoms with van der Waals surface area (Å²) >= 11 is 0. The third-order valence-corrected chi connectivity index (χ3v) is 2.17. The van der Waals surface area contributed by atoms with Gasteiger partial charge in [-0.2, -0.15) is 0 Å². The van der Waals surface area contributed by atoms with Crippen LogP contribution in [0.15, 0.2) is 12.7 Å². The lowest BCUT2D eigenvalue weighted by Crippen LogP contribution is -2.46. The number of carbonyl (C=O) groups is 1. The van der Waals surface area contributed by atoms with Crippen molar-refractivity contribution in [2.24, 2.45) is 0 Å². The highest BCUT2D eigenvalue weighted by atomic mass is 16.2. The summed E-state index contributed by atoms with van der Waals surface area (Å²) in [6.45, 7) is 7.26. The van der Waals surface area contributed by atoms with Crippen molar-refractivity contribution in [2.45, 2.75) is 6.42 Å². The molecule has 1 amide bonds. The minimum absolute atomic E-state index is 0.207. The molecule has 3 heteroatoms. The van der Waals surface area contributed by atoms with E-state index in [0.29, 0.717) is 6.42 Å². The second kappa shape index (κ2) is 4.26. The first-order chi connectivity index (χ1) is 5.74. The summed E-state index contributed by atoms with van der Waals surface area (Å²) in [6, 6.07) is 0. The van der Waals surface area contributed by atoms with Crippen LogP contribution in [-0.4, -0.2) is 48.9 Å². The van der Waals surface area contributed by atoms with Crippen molar-refractivity contribution in [3.05, 3.63) is 12.7 Å². The Morgan fingerprint density at radius 1 is 1.42 bits per heavy atom. The Morgan fingerprint density at radius 3 is 2.50 bits per heavy atom. The van der Waals surface area contributed by atoms with Crippen molar-refractivity contribution in [2.75, 3.05) is 33.2 Å². The van der Waals surface area contributed by atoms with Crippen LogP contribution in [0.5, 0.6) is 0 Å². The summed E-state index contributed by atoms with van der Waals surface area (Å²) in [5.74, 6) is 0.207. The molecule has 1 saturated heterocycles. The van der Waals surface area contributed by atoms with Crippen LogP contribution in [0.2, 0.25) is 0 Å². The van der Waals surface area contributed by atoms with Crippen molar-refractivity contribution in [1.82, 2.24) is 9.80 Å². The molecule has 0 N–H and O–H groups in total. The van der Waals surface area contributed by atoms with Crippen LogP contribution in [0.3, 0.4) is 0 Å². The van der Waals surface area contributed by atoms with Gasteiger partial charge in [0.15, 0.2) is 0 Å². The maximum atomic E-state index is 11.3. The normalized spacial score (nSPS) is 19.2. The van der Waals surface area contributed by atoms with Crippen LogP contribution in [0.4, 0.5) is 0 Å². The first-order valence-corrected chi connectivity index (χ1v) is 4.31. The van der Waals surface area contributed by atoms with Gasteiger partial charge in [0.05, 0.1) is 0 Å². The Balaban J connectivity index is 2.33. The predicted octanol–water partition coefficient (Wildman–Crippen LogP) is 0.337. The zero-order chi connectivity index (χ0) is 8.97. The molecule has 1 heterocycles. The summed E-state index contributed by atoms with van der Waals surface area (Å²) in [5, 5.41) is 0. The topological polar surface area (TPSA) is 23.6 Å². The van der Waals surface area contributed by atoms with Crippen LogP contribution in [0.1, 0.15) is 6.42 Å². The lowest BCUT2D eigenvalue weighted by molar-refractivity contribution is -0.131. The average Bonchev–Trinajstić information content (AvgIpc) is 2.06. The van der Waals surface area contributed by atoms with Gasteiger partial charge in [0.2, 0.25) is 5.91 Å². The molecule has 1 rings (SSSR count). The molecule has 0 radical (unpaired) electrons. The predicted molar refractivity (Wildman–Crippen MR) is 48.9 cm³/mol. The van der Waals surface area contributed by atoms with Gasteiger partial charge in [-0.1, -0.05) is 6.08 Å². The van der Waals surface area contributed by atoms with Gasteiger partial charge in [-0.3, -0.25) is 4.79 Å². The highest BCUT2D eigenvalue weighted by molar-refractivity contribution is 5.77. The lowest BCUT2D eigenvalue weighted by atomic mass is 10.3. The van der Waals surface area contributed by atoms with E-state index in [2.05, 4.69) is 18.5 Å². The van der Waals surface area contributed by atoms with Gasteiger partial charge >= 0.3 is 0 Å². The second-order valence-corrected chi connectivity index (χ2v) is 3.18. The van der Waals surface area contributed by atoms with Gasteiger partial charge in [-0.15, -0.1) is 6.58 Å². The minimum Gasteiger partial charge on any atom is -0.340 e. The van der Waals surface area contributed by atoms with Gasteiger partial charge in [-0.05, 0) is 7.05 Å². The van der Waals surface area contributed by atoms with Crippen LogP contribution in [0.25, 0.3) is 0 Å². The van der Waals surface area contributed by atoms with E-state index in [9.17, 15) is 4.79 Å². The van der Waals surface area contributed by atoms with E-state index in [-0.39, 0.29) is 5.91 Å². The number of rotatable bonds is 2. The Labute approximate surface area is 73.6 Å². The second-order valence-electron chi connectivity index (χ2n) is 3.18. The van der Waals surface area contributed by atoms with Crippen LogP contribution in [-0.2, 0) is 4.79 Å². The number of amides is 1. The molecule has 0 aliphatic carbocycles. The largest absolute Gasteiger partial charge is 0.340 e. The molecule has 1 fully saturated rings. The molecule has 0 spiro atoms. The number of carbonyl (C=O) groups excluding carboxylic acids is 1. The standard InChI is InChI=1S/C9H16N2O/c1-3-4-9(12)11-7-5-10(2)6-8-11/h3H,1,4-8H2,2H3. The van der Waals surface area contributed by atoms with E-state index in [1.165, 1.54) is 0 Å². The average molecular weight is 168 g/mol. The first-order valence-electron chi connectivity index (χ1n) is 4.31. The Morgan fingerprint density at radius 2 is 2.00 bits per heavy atom. The van der Waals surface area contributed by atoms with E-state index in [1.54, 1.807) is 6.08 Å². The third-order valence-electron chi connectivity index (χ3n) is 2.17. The molecule has 0 aromatic carbocycles. The zero-order valence-electron chi connectivity index (χ0n) is 7.62. The fourth-order valence-electron chi connectivity index (χ4n) is 1.31. The Hall–Kier alpha value is -0.830. The van der Waals surface area contributed by atoms with Gasteiger partial charge < -0.3 is 9.80 Å². The molecule has 1 aliphatic rings. The number of hydrogen-bond donors (Lipinski definition) is 0. The highest BCUT2D eigenvalue weighted by Crippen LogP contribution is 2.01.